The van der Waals surface area contributed by atoms with Gasteiger partial charge in [0.05, 0.1) is 12.5 Å². The maximum atomic E-state index is 12.4. The van der Waals surface area contributed by atoms with Gasteiger partial charge in [-0.2, -0.15) is 4.98 Å². The predicted octanol–water partition coefficient (Wildman–Crippen LogP) is 1.49. The lowest BCUT2D eigenvalue weighted by molar-refractivity contribution is -0.126. The summed E-state index contributed by atoms with van der Waals surface area (Å²) < 4.78 is 5.19. The highest BCUT2D eigenvalue weighted by Gasteiger charge is 2.36. The predicted molar refractivity (Wildman–Crippen MR) is 100 cm³/mol. The number of benzene rings is 1. The van der Waals surface area contributed by atoms with Crippen LogP contribution < -0.4 is 10.2 Å². The SMILES string of the molecule is Cc1nnc(N2CC(C(=O)NCc3nc(Cc4ccccc4)no3)CC2=O)s1. The molecule has 1 aliphatic rings. The third-order valence-electron chi connectivity index (χ3n) is 4.37. The van der Waals surface area contributed by atoms with Gasteiger partial charge in [-0.25, -0.2) is 0 Å². The van der Waals surface area contributed by atoms with E-state index in [1.165, 1.54) is 16.2 Å². The van der Waals surface area contributed by atoms with Crippen molar-refractivity contribution < 1.29 is 14.1 Å². The fraction of sp³-hybridized carbons (Fsp3) is 0.333. The number of hydrogen-bond acceptors (Lipinski definition) is 8. The van der Waals surface area contributed by atoms with Crippen LogP contribution in [0, 0.1) is 12.8 Å². The van der Waals surface area contributed by atoms with Gasteiger partial charge in [-0.3, -0.25) is 14.5 Å². The molecular formula is C18H18N6O3S. The van der Waals surface area contributed by atoms with Crippen molar-refractivity contribution in [3.63, 3.8) is 0 Å². The number of nitrogens with zero attached hydrogens (tertiary/aromatic N) is 5. The van der Waals surface area contributed by atoms with Crippen LogP contribution in [-0.2, 0) is 22.6 Å². The van der Waals surface area contributed by atoms with Crippen molar-refractivity contribution in [1.82, 2.24) is 25.7 Å². The third-order valence-corrected chi connectivity index (χ3v) is 5.23. The molecule has 1 aliphatic heterocycles. The van der Waals surface area contributed by atoms with Gasteiger partial charge in [0.1, 0.15) is 5.01 Å². The van der Waals surface area contributed by atoms with Crippen LogP contribution in [0.25, 0.3) is 0 Å². The van der Waals surface area contributed by atoms with Gasteiger partial charge in [0.2, 0.25) is 22.8 Å². The molecule has 1 fully saturated rings. The summed E-state index contributed by atoms with van der Waals surface area (Å²) in [5.41, 5.74) is 1.08. The minimum atomic E-state index is -0.441. The van der Waals surface area contributed by atoms with Crippen molar-refractivity contribution in [2.45, 2.75) is 26.3 Å². The van der Waals surface area contributed by atoms with Gasteiger partial charge in [0, 0.05) is 19.4 Å². The maximum absolute atomic E-state index is 12.4. The van der Waals surface area contributed by atoms with Gasteiger partial charge in [-0.05, 0) is 12.5 Å². The van der Waals surface area contributed by atoms with Crippen LogP contribution in [0.15, 0.2) is 34.9 Å². The minimum absolute atomic E-state index is 0.126. The zero-order valence-electron chi connectivity index (χ0n) is 15.2. The fourth-order valence-electron chi connectivity index (χ4n) is 2.98. The zero-order valence-corrected chi connectivity index (χ0v) is 16.0. The van der Waals surface area contributed by atoms with Crippen LogP contribution in [0.1, 0.15) is 28.7 Å². The Kier molecular flexibility index (Phi) is 5.11. The van der Waals surface area contributed by atoms with Gasteiger partial charge >= 0.3 is 0 Å². The molecule has 4 rings (SSSR count). The van der Waals surface area contributed by atoms with E-state index in [-0.39, 0.29) is 24.8 Å². The molecule has 1 saturated heterocycles. The molecule has 3 heterocycles. The van der Waals surface area contributed by atoms with Crippen LogP contribution in [0.5, 0.6) is 0 Å². The number of nitrogens with one attached hydrogen (secondary N) is 1. The molecule has 0 aliphatic carbocycles. The lowest BCUT2D eigenvalue weighted by Crippen LogP contribution is -2.32. The van der Waals surface area contributed by atoms with Crippen molar-refractivity contribution >= 4 is 28.3 Å². The zero-order chi connectivity index (χ0) is 19.5. The van der Waals surface area contributed by atoms with E-state index < -0.39 is 5.92 Å². The third kappa shape index (κ3) is 4.06. The highest BCUT2D eigenvalue weighted by atomic mass is 32.1. The Bertz CT molecular complexity index is 986. The normalized spacial score (nSPS) is 16.5. The van der Waals surface area contributed by atoms with Gasteiger partial charge in [0.25, 0.3) is 0 Å². The number of carbonyl (C=O) groups is 2. The molecule has 9 nitrogen and oxygen atoms in total. The second-order valence-corrected chi connectivity index (χ2v) is 7.65. The molecule has 2 amide bonds. The van der Waals surface area contributed by atoms with E-state index in [0.717, 1.165) is 10.6 Å². The minimum Gasteiger partial charge on any atom is -0.347 e. The Morgan fingerprint density at radius 3 is 2.89 bits per heavy atom. The first kappa shape index (κ1) is 18.2. The highest BCUT2D eigenvalue weighted by Crippen LogP contribution is 2.27. The molecule has 1 atom stereocenters. The van der Waals surface area contributed by atoms with Gasteiger partial charge < -0.3 is 9.84 Å². The van der Waals surface area contributed by atoms with Crippen molar-refractivity contribution in [2.75, 3.05) is 11.4 Å². The van der Waals surface area contributed by atoms with Gasteiger partial charge in [-0.1, -0.05) is 46.8 Å². The van der Waals surface area contributed by atoms with E-state index >= 15 is 0 Å². The van der Waals surface area contributed by atoms with E-state index in [0.29, 0.717) is 29.8 Å². The van der Waals surface area contributed by atoms with Crippen LogP contribution in [0.2, 0.25) is 0 Å². The van der Waals surface area contributed by atoms with Crippen molar-refractivity contribution in [2.24, 2.45) is 5.92 Å². The topological polar surface area (TPSA) is 114 Å². The number of aromatic nitrogens is 4. The summed E-state index contributed by atoms with van der Waals surface area (Å²) in [7, 11) is 0. The second-order valence-electron chi connectivity index (χ2n) is 6.49. The second kappa shape index (κ2) is 7.85. The summed E-state index contributed by atoms with van der Waals surface area (Å²) in [4.78, 5) is 30.4. The fourth-order valence-corrected chi connectivity index (χ4v) is 3.70. The number of hydrogen-bond donors (Lipinski definition) is 1. The smallest absolute Gasteiger partial charge is 0.246 e. The van der Waals surface area contributed by atoms with Crippen LogP contribution >= 0.6 is 11.3 Å². The quantitative estimate of drug-likeness (QED) is 0.669. The largest absolute Gasteiger partial charge is 0.347 e. The molecular weight excluding hydrogens is 380 g/mol. The summed E-state index contributed by atoms with van der Waals surface area (Å²) in [6.45, 7) is 2.24. The van der Waals surface area contributed by atoms with Gasteiger partial charge in [0.15, 0.2) is 5.82 Å². The Hall–Kier alpha value is -3.14. The van der Waals surface area contributed by atoms with Crippen LogP contribution in [-0.4, -0.2) is 38.7 Å². The molecule has 0 spiro atoms. The van der Waals surface area contributed by atoms with E-state index in [1.807, 2.05) is 37.3 Å². The first-order valence-electron chi connectivity index (χ1n) is 8.82. The Labute approximate surface area is 164 Å². The molecule has 28 heavy (non-hydrogen) atoms. The summed E-state index contributed by atoms with van der Waals surface area (Å²) in [6, 6.07) is 9.82. The molecule has 1 N–H and O–H groups in total. The van der Waals surface area contributed by atoms with Crippen molar-refractivity contribution in [1.29, 1.82) is 0 Å². The molecule has 2 aromatic heterocycles. The number of amides is 2. The molecule has 0 saturated carbocycles. The number of carbonyl (C=O) groups excluding carboxylic acids is 2. The molecule has 144 valence electrons. The molecule has 1 aromatic carbocycles. The lowest BCUT2D eigenvalue weighted by atomic mass is 10.1. The average Bonchev–Trinajstić information content (AvgIpc) is 3.41. The number of anilines is 1. The molecule has 10 heteroatoms. The van der Waals surface area contributed by atoms with Crippen LogP contribution in [0.3, 0.4) is 0 Å². The summed E-state index contributed by atoms with van der Waals surface area (Å²) in [5, 5.41) is 15.9. The van der Waals surface area contributed by atoms with E-state index in [9.17, 15) is 9.59 Å². The molecule has 3 aromatic rings. The van der Waals surface area contributed by atoms with Crippen molar-refractivity contribution in [3.8, 4) is 0 Å². The van der Waals surface area contributed by atoms with Crippen molar-refractivity contribution in [3.05, 3.63) is 52.6 Å². The monoisotopic (exact) mass is 398 g/mol. The van der Waals surface area contributed by atoms with E-state index in [1.54, 1.807) is 0 Å². The Balaban J connectivity index is 1.31. The average molecular weight is 398 g/mol. The highest BCUT2D eigenvalue weighted by molar-refractivity contribution is 7.15. The Morgan fingerprint density at radius 2 is 2.14 bits per heavy atom. The molecule has 1 unspecified atom stereocenters. The van der Waals surface area contributed by atoms with E-state index in [4.69, 9.17) is 4.52 Å². The Morgan fingerprint density at radius 1 is 1.32 bits per heavy atom. The number of aryl methyl sites for hydroxylation is 1. The number of rotatable bonds is 6. The lowest BCUT2D eigenvalue weighted by Gasteiger charge is -2.12. The van der Waals surface area contributed by atoms with Gasteiger partial charge in [-0.15, -0.1) is 10.2 Å². The first-order chi connectivity index (χ1) is 13.6. The summed E-state index contributed by atoms with van der Waals surface area (Å²) >= 11 is 1.33. The maximum Gasteiger partial charge on any atom is 0.246 e. The molecule has 0 bridgehead atoms. The summed E-state index contributed by atoms with van der Waals surface area (Å²) in [6.07, 6.45) is 0.708. The molecule has 0 radical (unpaired) electrons. The van der Waals surface area contributed by atoms with Crippen LogP contribution in [0.4, 0.5) is 5.13 Å². The standard InChI is InChI=1S/C18H18N6O3S/c1-11-21-22-18(28-11)24-10-13(8-16(24)25)17(26)19-9-15-20-14(23-27-15)7-12-5-3-2-4-6-12/h2-6,13H,7-10H2,1H3,(H,19,26). The summed E-state index contributed by atoms with van der Waals surface area (Å²) in [5.74, 6) is 0.104. The van der Waals surface area contributed by atoms with E-state index in [2.05, 4.69) is 25.7 Å². The first-order valence-corrected chi connectivity index (χ1v) is 9.63.